The SMILES string of the molecule is c1ccc2[nH]c(N(c3nc4ccccc4s3)c3c(-c4nc5ccccc5o4)ccc4c3[nH]c3ccccc34)nc2c1. The van der Waals surface area contributed by atoms with Crippen LogP contribution in [0.4, 0.5) is 16.8 Å². The Morgan fingerprint density at radius 1 is 0.610 bits per heavy atom. The first-order chi connectivity index (χ1) is 20.3. The lowest BCUT2D eigenvalue weighted by Gasteiger charge is -2.22. The Morgan fingerprint density at radius 2 is 1.37 bits per heavy atom. The molecule has 9 rings (SSSR count). The molecule has 0 atom stereocenters. The number of nitrogens with one attached hydrogen (secondary N) is 2. The number of para-hydroxylation sites is 6. The molecule has 0 fully saturated rings. The Morgan fingerprint density at radius 3 is 2.22 bits per heavy atom. The summed E-state index contributed by atoms with van der Waals surface area (Å²) in [5, 5.41) is 3.02. The Hall–Kier alpha value is -5.47. The van der Waals surface area contributed by atoms with Crippen molar-refractivity contribution in [2.75, 3.05) is 4.90 Å². The number of thiazole rings is 1. The fraction of sp³-hybridized carbons (Fsp3) is 0. The number of hydrogen-bond acceptors (Lipinski definition) is 6. The number of aromatic nitrogens is 5. The zero-order valence-corrected chi connectivity index (χ0v) is 22.3. The second-order valence-corrected chi connectivity index (χ2v) is 10.9. The van der Waals surface area contributed by atoms with Gasteiger partial charge in [-0.15, -0.1) is 0 Å². The monoisotopic (exact) mass is 548 g/mol. The van der Waals surface area contributed by atoms with Crippen LogP contribution in [0.5, 0.6) is 0 Å². The highest BCUT2D eigenvalue weighted by molar-refractivity contribution is 7.22. The number of imidazole rings is 1. The highest BCUT2D eigenvalue weighted by atomic mass is 32.1. The Labute approximate surface area is 236 Å². The summed E-state index contributed by atoms with van der Waals surface area (Å²) in [6.45, 7) is 0. The van der Waals surface area contributed by atoms with Crippen molar-refractivity contribution in [3.05, 3.63) is 109 Å². The third-order valence-corrected chi connectivity index (χ3v) is 8.49. The number of hydrogen-bond donors (Lipinski definition) is 2. The maximum atomic E-state index is 6.36. The fourth-order valence-electron chi connectivity index (χ4n) is 5.59. The molecule has 0 saturated heterocycles. The van der Waals surface area contributed by atoms with Gasteiger partial charge in [-0.3, -0.25) is 4.90 Å². The highest BCUT2D eigenvalue weighted by Gasteiger charge is 2.28. The lowest BCUT2D eigenvalue weighted by molar-refractivity contribution is 0.620. The normalized spacial score (nSPS) is 11.9. The van der Waals surface area contributed by atoms with Crippen LogP contribution in [-0.2, 0) is 0 Å². The van der Waals surface area contributed by atoms with Crippen LogP contribution in [0.15, 0.2) is 114 Å². The van der Waals surface area contributed by atoms with E-state index in [-0.39, 0.29) is 0 Å². The molecule has 194 valence electrons. The lowest BCUT2D eigenvalue weighted by Crippen LogP contribution is -2.13. The van der Waals surface area contributed by atoms with Gasteiger partial charge < -0.3 is 14.4 Å². The average Bonchev–Trinajstić information content (AvgIpc) is 3.80. The Balaban J connectivity index is 1.42. The van der Waals surface area contributed by atoms with E-state index in [2.05, 4.69) is 51.3 Å². The Bertz CT molecular complexity index is 2240. The molecule has 8 heteroatoms. The molecule has 0 bridgehead atoms. The minimum atomic E-state index is 0.531. The van der Waals surface area contributed by atoms with Crippen molar-refractivity contribution in [3.63, 3.8) is 0 Å². The molecular weight excluding hydrogens is 528 g/mol. The number of benzene rings is 5. The lowest BCUT2D eigenvalue weighted by atomic mass is 10.1. The molecule has 4 aromatic heterocycles. The van der Waals surface area contributed by atoms with Crippen molar-refractivity contribution >= 4 is 82.3 Å². The predicted molar refractivity (Wildman–Crippen MR) is 166 cm³/mol. The smallest absolute Gasteiger partial charge is 0.229 e. The van der Waals surface area contributed by atoms with Gasteiger partial charge in [-0.1, -0.05) is 72.0 Å². The van der Waals surface area contributed by atoms with E-state index in [1.54, 1.807) is 11.3 Å². The summed E-state index contributed by atoms with van der Waals surface area (Å²) in [5.41, 5.74) is 7.99. The van der Waals surface area contributed by atoms with Gasteiger partial charge in [0, 0.05) is 16.3 Å². The summed E-state index contributed by atoms with van der Waals surface area (Å²) in [6, 6.07) is 36.6. The van der Waals surface area contributed by atoms with Crippen LogP contribution in [0.1, 0.15) is 0 Å². The third-order valence-electron chi connectivity index (χ3n) is 7.47. The second kappa shape index (κ2) is 8.51. The molecule has 0 saturated carbocycles. The molecule has 0 radical (unpaired) electrons. The minimum Gasteiger partial charge on any atom is -0.436 e. The van der Waals surface area contributed by atoms with Crippen molar-refractivity contribution in [3.8, 4) is 11.5 Å². The van der Waals surface area contributed by atoms with Gasteiger partial charge in [0.05, 0.1) is 38.0 Å². The van der Waals surface area contributed by atoms with Gasteiger partial charge in [0.2, 0.25) is 11.8 Å². The third kappa shape index (κ3) is 3.41. The van der Waals surface area contributed by atoms with E-state index in [0.29, 0.717) is 11.8 Å². The zero-order chi connectivity index (χ0) is 26.9. The highest BCUT2D eigenvalue weighted by Crippen LogP contribution is 2.47. The number of rotatable bonds is 4. The van der Waals surface area contributed by atoms with Gasteiger partial charge in [0.15, 0.2) is 10.7 Å². The average molecular weight is 549 g/mol. The Kier molecular flexibility index (Phi) is 4.64. The van der Waals surface area contributed by atoms with Gasteiger partial charge >= 0.3 is 0 Å². The van der Waals surface area contributed by atoms with E-state index in [1.807, 2.05) is 72.8 Å². The van der Waals surface area contributed by atoms with E-state index in [9.17, 15) is 0 Å². The summed E-state index contributed by atoms with van der Waals surface area (Å²) >= 11 is 1.62. The van der Waals surface area contributed by atoms with Crippen LogP contribution >= 0.6 is 11.3 Å². The van der Waals surface area contributed by atoms with Crippen molar-refractivity contribution in [2.45, 2.75) is 0 Å². The van der Waals surface area contributed by atoms with Gasteiger partial charge in [0.25, 0.3) is 0 Å². The van der Waals surface area contributed by atoms with Crippen LogP contribution in [0.2, 0.25) is 0 Å². The summed E-state index contributed by atoms with van der Waals surface area (Å²) in [4.78, 5) is 24.4. The molecule has 9 aromatic rings. The fourth-order valence-corrected chi connectivity index (χ4v) is 6.56. The zero-order valence-electron chi connectivity index (χ0n) is 21.5. The molecule has 2 N–H and O–H groups in total. The van der Waals surface area contributed by atoms with E-state index in [1.165, 1.54) is 0 Å². The molecule has 0 aliphatic rings. The molecule has 7 nitrogen and oxygen atoms in total. The summed E-state index contributed by atoms with van der Waals surface area (Å²) < 4.78 is 7.45. The first kappa shape index (κ1) is 22.4. The van der Waals surface area contributed by atoms with E-state index < -0.39 is 0 Å². The molecule has 4 heterocycles. The predicted octanol–water partition coefficient (Wildman–Crippen LogP) is 9.09. The number of oxazole rings is 1. The minimum absolute atomic E-state index is 0.531. The second-order valence-electron chi connectivity index (χ2n) is 9.92. The van der Waals surface area contributed by atoms with Gasteiger partial charge in [-0.2, -0.15) is 0 Å². The molecule has 5 aromatic carbocycles. The van der Waals surface area contributed by atoms with Crippen molar-refractivity contribution in [2.24, 2.45) is 0 Å². The van der Waals surface area contributed by atoms with E-state index >= 15 is 0 Å². The van der Waals surface area contributed by atoms with E-state index in [4.69, 9.17) is 19.4 Å². The largest absolute Gasteiger partial charge is 0.436 e. The van der Waals surface area contributed by atoms with Crippen LogP contribution in [0, 0.1) is 0 Å². The van der Waals surface area contributed by atoms with Crippen molar-refractivity contribution in [1.82, 2.24) is 24.9 Å². The molecule has 0 unspecified atom stereocenters. The molecule has 0 aliphatic carbocycles. The standard InChI is InChI=1S/C33H20N6OS/c1-2-10-22-19(9-1)20-17-18-21(31-35-25-13-5-7-15-27(25)40-31)30(29(20)34-22)39(32-36-23-11-3-4-12-24(23)37-32)33-38-26-14-6-8-16-28(26)41-33/h1-18,34H,(H,36,37). The molecule has 0 aliphatic heterocycles. The summed E-state index contributed by atoms with van der Waals surface area (Å²) in [5.74, 6) is 1.19. The maximum absolute atomic E-state index is 6.36. The van der Waals surface area contributed by atoms with Crippen LogP contribution < -0.4 is 4.90 Å². The summed E-state index contributed by atoms with van der Waals surface area (Å²) in [6.07, 6.45) is 0. The molecule has 41 heavy (non-hydrogen) atoms. The first-order valence-electron chi connectivity index (χ1n) is 13.3. The summed E-state index contributed by atoms with van der Waals surface area (Å²) in [7, 11) is 0. The van der Waals surface area contributed by atoms with Crippen LogP contribution in [0.25, 0.3) is 65.6 Å². The van der Waals surface area contributed by atoms with Crippen molar-refractivity contribution in [1.29, 1.82) is 0 Å². The number of anilines is 3. The molecular formula is C33H20N6OS. The number of fused-ring (bicyclic) bond motifs is 6. The first-order valence-corrected chi connectivity index (χ1v) is 14.1. The van der Waals surface area contributed by atoms with E-state index in [0.717, 1.165) is 70.5 Å². The maximum Gasteiger partial charge on any atom is 0.229 e. The quantitative estimate of drug-likeness (QED) is 0.229. The number of aromatic amines is 2. The topological polar surface area (TPSA) is 86.6 Å². The van der Waals surface area contributed by atoms with Gasteiger partial charge in [-0.05, 0) is 48.5 Å². The van der Waals surface area contributed by atoms with Gasteiger partial charge in [0.1, 0.15) is 5.52 Å². The van der Waals surface area contributed by atoms with Crippen LogP contribution in [0.3, 0.4) is 0 Å². The molecule has 0 spiro atoms. The number of H-pyrrole nitrogens is 2. The number of nitrogens with zero attached hydrogens (tertiary/aromatic N) is 4. The van der Waals surface area contributed by atoms with Gasteiger partial charge in [-0.25, -0.2) is 15.0 Å². The molecule has 0 amide bonds. The van der Waals surface area contributed by atoms with Crippen LogP contribution in [-0.4, -0.2) is 24.9 Å². The van der Waals surface area contributed by atoms with Crippen molar-refractivity contribution < 1.29 is 4.42 Å².